The second kappa shape index (κ2) is 5.85. The van der Waals surface area contributed by atoms with E-state index in [1.807, 2.05) is 0 Å². The summed E-state index contributed by atoms with van der Waals surface area (Å²) in [5, 5.41) is 5.72. The molecule has 0 unspecified atom stereocenters. The van der Waals surface area contributed by atoms with Crippen LogP contribution in [0.3, 0.4) is 0 Å². The topological polar surface area (TPSA) is 18.5 Å². The molecule has 2 aliphatic heterocycles. The third-order valence-corrected chi connectivity index (χ3v) is 11.4. The quantitative estimate of drug-likeness (QED) is 0.422. The van der Waals surface area contributed by atoms with Gasteiger partial charge in [-0.2, -0.15) is 0 Å². The van der Waals surface area contributed by atoms with Gasteiger partial charge in [0.1, 0.15) is 11.5 Å². The Kier molecular flexibility index (Phi) is 3.35. The maximum absolute atomic E-state index is 5.84. The molecule has 29 heavy (non-hydrogen) atoms. The van der Waals surface area contributed by atoms with Crippen molar-refractivity contribution < 1.29 is 9.47 Å². The van der Waals surface area contributed by atoms with Gasteiger partial charge >= 0.3 is 0 Å². The molecule has 0 saturated carbocycles. The first-order valence-corrected chi connectivity index (χ1v) is 11.9. The normalized spacial score (nSPS) is 14.1. The third kappa shape index (κ3) is 1.86. The molecule has 0 saturated heterocycles. The SMILES string of the molecule is COc1cccc2c1-c1ccccc1[Si]21c2ccccc2-c2c(OC)cccc21. The van der Waals surface area contributed by atoms with Crippen LogP contribution in [0, 0.1) is 0 Å². The van der Waals surface area contributed by atoms with Gasteiger partial charge in [-0.05, 0) is 44.0 Å². The summed E-state index contributed by atoms with van der Waals surface area (Å²) in [7, 11) is 1.13. The number of hydrogen-bond donors (Lipinski definition) is 0. The summed E-state index contributed by atoms with van der Waals surface area (Å²) < 4.78 is 11.7. The lowest BCUT2D eigenvalue weighted by Gasteiger charge is -2.27. The molecule has 4 aromatic carbocycles. The molecule has 140 valence electrons. The van der Waals surface area contributed by atoms with Crippen molar-refractivity contribution >= 4 is 28.8 Å². The van der Waals surface area contributed by atoms with E-state index in [0.717, 1.165) is 11.5 Å². The molecule has 3 heteroatoms. The molecule has 0 bridgehead atoms. The summed E-state index contributed by atoms with van der Waals surface area (Å²) in [4.78, 5) is 0. The molecule has 0 N–H and O–H groups in total. The van der Waals surface area contributed by atoms with Crippen molar-refractivity contribution in [3.8, 4) is 33.8 Å². The van der Waals surface area contributed by atoms with E-state index < -0.39 is 8.07 Å². The highest BCUT2D eigenvalue weighted by atomic mass is 28.3. The third-order valence-electron chi connectivity index (χ3n) is 6.50. The molecular weight excluding hydrogens is 372 g/mol. The summed E-state index contributed by atoms with van der Waals surface area (Å²) in [5.74, 6) is 1.90. The van der Waals surface area contributed by atoms with Crippen LogP contribution in [0.1, 0.15) is 0 Å². The zero-order chi connectivity index (χ0) is 19.6. The summed E-state index contributed by atoms with van der Waals surface area (Å²) in [6.07, 6.45) is 0. The summed E-state index contributed by atoms with van der Waals surface area (Å²) in [5.41, 5.74) is 5.11. The Hall–Kier alpha value is -3.30. The van der Waals surface area contributed by atoms with Gasteiger partial charge in [-0.3, -0.25) is 0 Å². The van der Waals surface area contributed by atoms with Crippen molar-refractivity contribution in [3.05, 3.63) is 84.9 Å². The van der Waals surface area contributed by atoms with E-state index in [1.54, 1.807) is 14.2 Å². The minimum atomic E-state index is -2.41. The standard InChI is InChI=1S/C26H20O2Si/c1-27-19-11-7-15-23-25(19)17-9-3-5-13-21(17)29(23)22-14-6-4-10-18(22)26-20(28-2)12-8-16-24(26)29/h3-16H,1-2H3. The smallest absolute Gasteiger partial charge is 0.182 e. The van der Waals surface area contributed by atoms with Crippen molar-refractivity contribution in [1.82, 2.24) is 0 Å². The average molecular weight is 393 g/mol. The second-order valence-electron chi connectivity index (χ2n) is 7.61. The molecule has 0 radical (unpaired) electrons. The molecule has 1 spiro atoms. The van der Waals surface area contributed by atoms with Crippen LogP contribution in [-0.2, 0) is 0 Å². The molecule has 0 amide bonds. The van der Waals surface area contributed by atoms with E-state index in [2.05, 4.69) is 84.9 Å². The van der Waals surface area contributed by atoms with Crippen LogP contribution < -0.4 is 30.2 Å². The van der Waals surface area contributed by atoms with Gasteiger partial charge in [0, 0.05) is 11.1 Å². The van der Waals surface area contributed by atoms with Crippen LogP contribution in [0.2, 0.25) is 0 Å². The molecule has 4 aromatic rings. The van der Waals surface area contributed by atoms with Crippen molar-refractivity contribution in [2.45, 2.75) is 0 Å². The molecular formula is C26H20O2Si. The Morgan fingerprint density at radius 1 is 0.483 bits per heavy atom. The maximum atomic E-state index is 5.84. The van der Waals surface area contributed by atoms with E-state index in [-0.39, 0.29) is 0 Å². The van der Waals surface area contributed by atoms with Crippen molar-refractivity contribution in [1.29, 1.82) is 0 Å². The van der Waals surface area contributed by atoms with Gasteiger partial charge in [-0.1, -0.05) is 72.8 Å². The average Bonchev–Trinajstić information content (AvgIpc) is 3.26. The highest BCUT2D eigenvalue weighted by molar-refractivity contribution is 7.24. The van der Waals surface area contributed by atoms with E-state index in [0.29, 0.717) is 0 Å². The summed E-state index contributed by atoms with van der Waals surface area (Å²) in [6, 6.07) is 30.8. The first kappa shape index (κ1) is 16.6. The van der Waals surface area contributed by atoms with Gasteiger partial charge in [0.2, 0.25) is 0 Å². The Labute approximate surface area is 171 Å². The molecule has 6 rings (SSSR count). The molecule has 0 aliphatic carbocycles. The van der Waals surface area contributed by atoms with E-state index in [4.69, 9.17) is 9.47 Å². The zero-order valence-corrected chi connectivity index (χ0v) is 17.4. The Bertz CT molecular complexity index is 1190. The van der Waals surface area contributed by atoms with Gasteiger partial charge in [0.05, 0.1) is 14.2 Å². The van der Waals surface area contributed by atoms with Crippen molar-refractivity contribution in [3.63, 3.8) is 0 Å². The summed E-state index contributed by atoms with van der Waals surface area (Å²) in [6.45, 7) is 0. The molecule has 0 atom stereocenters. The number of hydrogen-bond acceptors (Lipinski definition) is 2. The van der Waals surface area contributed by atoms with Gasteiger partial charge in [0.15, 0.2) is 8.07 Å². The largest absolute Gasteiger partial charge is 0.496 e. The number of ether oxygens (including phenoxy) is 2. The molecule has 0 aromatic heterocycles. The molecule has 2 nitrogen and oxygen atoms in total. The Morgan fingerprint density at radius 2 is 0.897 bits per heavy atom. The van der Waals surface area contributed by atoms with Crippen LogP contribution >= 0.6 is 0 Å². The predicted molar refractivity (Wildman–Crippen MR) is 121 cm³/mol. The number of benzene rings is 4. The van der Waals surface area contributed by atoms with Crippen molar-refractivity contribution in [2.24, 2.45) is 0 Å². The lowest BCUT2D eigenvalue weighted by molar-refractivity contribution is 0.417. The van der Waals surface area contributed by atoms with E-state index >= 15 is 0 Å². The number of fused-ring (bicyclic) bond motifs is 10. The molecule has 2 heterocycles. The lowest BCUT2D eigenvalue weighted by Crippen LogP contribution is -2.70. The highest BCUT2D eigenvalue weighted by Crippen LogP contribution is 2.41. The fourth-order valence-electron chi connectivity index (χ4n) is 5.51. The van der Waals surface area contributed by atoms with Crippen LogP contribution in [0.4, 0.5) is 0 Å². The predicted octanol–water partition coefficient (Wildman–Crippen LogP) is 3.04. The van der Waals surface area contributed by atoms with Gasteiger partial charge in [-0.25, -0.2) is 0 Å². The van der Waals surface area contributed by atoms with Gasteiger partial charge < -0.3 is 9.47 Å². The summed E-state index contributed by atoms with van der Waals surface area (Å²) >= 11 is 0. The van der Waals surface area contributed by atoms with Crippen LogP contribution in [-0.4, -0.2) is 22.3 Å². The first-order valence-electron chi connectivity index (χ1n) is 9.87. The van der Waals surface area contributed by atoms with Crippen LogP contribution in [0.5, 0.6) is 11.5 Å². The lowest BCUT2D eigenvalue weighted by atomic mass is 10.1. The van der Waals surface area contributed by atoms with Gasteiger partial charge in [0.25, 0.3) is 0 Å². The number of methoxy groups -OCH3 is 2. The monoisotopic (exact) mass is 392 g/mol. The van der Waals surface area contributed by atoms with Gasteiger partial charge in [-0.15, -0.1) is 0 Å². The first-order chi connectivity index (χ1) is 14.3. The zero-order valence-electron chi connectivity index (χ0n) is 16.4. The van der Waals surface area contributed by atoms with Crippen molar-refractivity contribution in [2.75, 3.05) is 14.2 Å². The Morgan fingerprint density at radius 3 is 1.34 bits per heavy atom. The molecule has 0 fully saturated rings. The maximum Gasteiger partial charge on any atom is 0.182 e. The van der Waals surface area contributed by atoms with Crippen LogP contribution in [0.15, 0.2) is 84.9 Å². The number of rotatable bonds is 2. The fourth-order valence-corrected chi connectivity index (χ4v) is 11.1. The minimum absolute atomic E-state index is 0.952. The Balaban J connectivity index is 1.86. The van der Waals surface area contributed by atoms with E-state index in [1.165, 1.54) is 43.0 Å². The van der Waals surface area contributed by atoms with E-state index in [9.17, 15) is 0 Å². The minimum Gasteiger partial charge on any atom is -0.496 e. The second-order valence-corrected chi connectivity index (χ2v) is 11.3. The fraction of sp³-hybridized carbons (Fsp3) is 0.0769. The highest BCUT2D eigenvalue weighted by Gasteiger charge is 2.55. The van der Waals surface area contributed by atoms with Crippen LogP contribution in [0.25, 0.3) is 22.3 Å². The molecule has 2 aliphatic rings.